The van der Waals surface area contributed by atoms with Gasteiger partial charge in [-0.1, -0.05) is 25.4 Å². The van der Waals surface area contributed by atoms with Gasteiger partial charge in [-0.15, -0.1) is 0 Å². The molecule has 0 radical (unpaired) electrons. The number of nitrogens with zero attached hydrogens (tertiary/aromatic N) is 1. The molecule has 0 aliphatic heterocycles. The average molecular weight is 191 g/mol. The molecule has 1 heterocycles. The van der Waals surface area contributed by atoms with E-state index < -0.39 is 5.82 Å². The second-order valence-corrected chi connectivity index (χ2v) is 2.34. The zero-order valence-electron chi connectivity index (χ0n) is 7.36. The van der Waals surface area contributed by atoms with Crippen molar-refractivity contribution in [3.8, 4) is 0 Å². The zero-order valence-corrected chi connectivity index (χ0v) is 8.11. The first-order chi connectivity index (χ1) is 5.63. The third kappa shape index (κ3) is 2.34. The molecule has 0 atom stereocenters. The van der Waals surface area contributed by atoms with Crippen LogP contribution >= 0.6 is 11.6 Å². The predicted octanol–water partition coefficient (Wildman–Crippen LogP) is 2.79. The number of rotatable bonds is 0. The summed E-state index contributed by atoms with van der Waals surface area (Å²) in [5.74, 6) is -0.644. The van der Waals surface area contributed by atoms with Crippen LogP contribution in [-0.2, 0) is 0 Å². The summed E-state index contributed by atoms with van der Waals surface area (Å²) >= 11 is 5.53. The average Bonchev–Trinajstić information content (AvgIpc) is 2.12. The maximum Gasteiger partial charge on any atom is 0.169 e. The van der Waals surface area contributed by atoms with Crippen LogP contribution in [0.1, 0.15) is 19.4 Å². The summed E-state index contributed by atoms with van der Waals surface area (Å²) in [5.41, 5.74) is 5.49. The molecule has 0 spiro atoms. The third-order valence-electron chi connectivity index (χ3n) is 1.23. The smallest absolute Gasteiger partial charge is 0.169 e. The molecule has 1 aromatic rings. The number of pyridine rings is 1. The molecule has 1 rings (SSSR count). The largest absolute Gasteiger partial charge is 0.381 e. The fourth-order valence-electron chi connectivity index (χ4n) is 0.577. The van der Waals surface area contributed by atoms with E-state index in [9.17, 15) is 4.39 Å². The quantitative estimate of drug-likeness (QED) is 0.683. The van der Waals surface area contributed by atoms with Crippen LogP contribution in [0.5, 0.6) is 0 Å². The van der Waals surface area contributed by atoms with Gasteiger partial charge in [-0.05, 0) is 6.92 Å². The van der Waals surface area contributed by atoms with Crippen LogP contribution in [-0.4, -0.2) is 4.98 Å². The van der Waals surface area contributed by atoms with Crippen molar-refractivity contribution >= 4 is 17.4 Å². The number of hydrogen-bond donors (Lipinski definition) is 1. The SMILES string of the molecule is CC.Cc1c(Cl)cnc(N)c1F. The van der Waals surface area contributed by atoms with E-state index in [4.69, 9.17) is 17.3 Å². The summed E-state index contributed by atoms with van der Waals surface area (Å²) in [5, 5.41) is 0.298. The van der Waals surface area contributed by atoms with Gasteiger partial charge in [-0.25, -0.2) is 9.37 Å². The third-order valence-corrected chi connectivity index (χ3v) is 1.61. The molecule has 4 heteroatoms. The van der Waals surface area contributed by atoms with Crippen molar-refractivity contribution < 1.29 is 4.39 Å². The van der Waals surface area contributed by atoms with Crippen molar-refractivity contribution in [1.82, 2.24) is 4.98 Å². The summed E-state index contributed by atoms with van der Waals surface area (Å²) in [6.07, 6.45) is 1.33. The Morgan fingerprint density at radius 1 is 1.50 bits per heavy atom. The van der Waals surface area contributed by atoms with Crippen LogP contribution in [0.4, 0.5) is 10.2 Å². The number of anilines is 1. The molecule has 0 aliphatic carbocycles. The lowest BCUT2D eigenvalue weighted by Crippen LogP contribution is -1.96. The zero-order chi connectivity index (χ0) is 9.72. The molecule has 0 bridgehead atoms. The van der Waals surface area contributed by atoms with Gasteiger partial charge in [0.05, 0.1) is 5.02 Å². The van der Waals surface area contributed by atoms with Gasteiger partial charge in [0.25, 0.3) is 0 Å². The van der Waals surface area contributed by atoms with Crippen molar-refractivity contribution in [1.29, 1.82) is 0 Å². The molecule has 0 fully saturated rings. The van der Waals surface area contributed by atoms with E-state index in [0.717, 1.165) is 0 Å². The molecule has 0 aliphatic rings. The minimum Gasteiger partial charge on any atom is -0.381 e. The Morgan fingerprint density at radius 2 is 2.00 bits per heavy atom. The molecular weight excluding hydrogens is 179 g/mol. The lowest BCUT2D eigenvalue weighted by molar-refractivity contribution is 0.618. The molecule has 12 heavy (non-hydrogen) atoms. The van der Waals surface area contributed by atoms with Crippen molar-refractivity contribution in [3.05, 3.63) is 22.6 Å². The van der Waals surface area contributed by atoms with Gasteiger partial charge in [0.1, 0.15) is 0 Å². The highest BCUT2D eigenvalue weighted by Crippen LogP contribution is 2.19. The fourth-order valence-corrected chi connectivity index (χ4v) is 0.708. The van der Waals surface area contributed by atoms with Gasteiger partial charge in [0.15, 0.2) is 11.6 Å². The highest BCUT2D eigenvalue weighted by atomic mass is 35.5. The minimum absolute atomic E-state index is 0.109. The Morgan fingerprint density at radius 3 is 2.42 bits per heavy atom. The summed E-state index contributed by atoms with van der Waals surface area (Å²) in [4.78, 5) is 3.51. The molecule has 2 nitrogen and oxygen atoms in total. The first-order valence-electron chi connectivity index (χ1n) is 3.69. The van der Waals surface area contributed by atoms with Crippen molar-refractivity contribution in [2.24, 2.45) is 0 Å². The highest BCUT2D eigenvalue weighted by molar-refractivity contribution is 6.31. The van der Waals surface area contributed by atoms with E-state index in [1.165, 1.54) is 6.20 Å². The maximum atomic E-state index is 12.7. The summed E-state index contributed by atoms with van der Waals surface area (Å²) in [6.45, 7) is 5.55. The first kappa shape index (κ1) is 11.2. The highest BCUT2D eigenvalue weighted by Gasteiger charge is 2.05. The fraction of sp³-hybridized carbons (Fsp3) is 0.375. The predicted molar refractivity (Wildman–Crippen MR) is 49.7 cm³/mol. The van der Waals surface area contributed by atoms with Crippen LogP contribution in [0, 0.1) is 12.7 Å². The number of aromatic nitrogens is 1. The number of halogens is 2. The summed E-state index contributed by atoms with van der Waals surface area (Å²) in [6, 6.07) is 0. The van der Waals surface area contributed by atoms with Crippen molar-refractivity contribution in [2.45, 2.75) is 20.8 Å². The van der Waals surface area contributed by atoms with Gasteiger partial charge < -0.3 is 5.73 Å². The van der Waals surface area contributed by atoms with Gasteiger partial charge in [-0.2, -0.15) is 0 Å². The number of nitrogen functional groups attached to an aromatic ring is 1. The van der Waals surface area contributed by atoms with Crippen LogP contribution < -0.4 is 5.73 Å². The second-order valence-electron chi connectivity index (χ2n) is 1.93. The van der Waals surface area contributed by atoms with Crippen molar-refractivity contribution in [3.63, 3.8) is 0 Å². The molecule has 68 valence electrons. The molecule has 0 saturated carbocycles. The van der Waals surface area contributed by atoms with Crippen LogP contribution in [0.2, 0.25) is 5.02 Å². The standard InChI is InChI=1S/C6H6ClFN2.C2H6/c1-3-4(7)2-10-6(9)5(3)8;1-2/h2H,1H3,(H2,9,10);1-2H3. The normalized spacial score (nSPS) is 8.75. The molecular formula is C8H12ClFN2. The molecule has 0 aromatic carbocycles. The van der Waals surface area contributed by atoms with Gasteiger partial charge in [-0.3, -0.25) is 0 Å². The van der Waals surface area contributed by atoms with E-state index in [1.807, 2.05) is 13.8 Å². The van der Waals surface area contributed by atoms with Gasteiger partial charge in [0.2, 0.25) is 0 Å². The molecule has 1 aromatic heterocycles. The molecule has 0 unspecified atom stereocenters. The molecule has 0 saturated heterocycles. The first-order valence-corrected chi connectivity index (χ1v) is 4.07. The molecule has 2 N–H and O–H groups in total. The Bertz CT molecular complexity index is 236. The topological polar surface area (TPSA) is 38.9 Å². The number of nitrogens with two attached hydrogens (primary N) is 1. The lowest BCUT2D eigenvalue weighted by atomic mass is 10.3. The van der Waals surface area contributed by atoms with E-state index in [0.29, 0.717) is 10.6 Å². The van der Waals surface area contributed by atoms with Crippen LogP contribution in [0.15, 0.2) is 6.20 Å². The summed E-state index contributed by atoms with van der Waals surface area (Å²) in [7, 11) is 0. The molecule has 0 amide bonds. The van der Waals surface area contributed by atoms with E-state index in [1.54, 1.807) is 6.92 Å². The van der Waals surface area contributed by atoms with Crippen LogP contribution in [0.25, 0.3) is 0 Å². The number of hydrogen-bond acceptors (Lipinski definition) is 2. The van der Waals surface area contributed by atoms with E-state index >= 15 is 0 Å². The van der Waals surface area contributed by atoms with E-state index in [2.05, 4.69) is 4.98 Å². The van der Waals surface area contributed by atoms with Crippen molar-refractivity contribution in [2.75, 3.05) is 5.73 Å². The van der Waals surface area contributed by atoms with Gasteiger partial charge in [0, 0.05) is 11.8 Å². The van der Waals surface area contributed by atoms with Gasteiger partial charge >= 0.3 is 0 Å². The lowest BCUT2D eigenvalue weighted by Gasteiger charge is -1.99. The summed E-state index contributed by atoms with van der Waals surface area (Å²) < 4.78 is 12.7. The maximum absolute atomic E-state index is 12.7. The Hall–Kier alpha value is -0.830. The van der Waals surface area contributed by atoms with E-state index in [-0.39, 0.29) is 5.82 Å². The Balaban J connectivity index is 0.000000561. The Kier molecular flexibility index (Phi) is 4.59. The minimum atomic E-state index is -0.535. The second kappa shape index (κ2) is 4.93. The van der Waals surface area contributed by atoms with Crippen LogP contribution in [0.3, 0.4) is 0 Å². The Labute approximate surface area is 76.6 Å². The monoisotopic (exact) mass is 190 g/mol.